The number of aliphatic hydroxyl groups excluding tert-OH is 3. The van der Waals surface area contributed by atoms with Gasteiger partial charge in [-0.2, -0.15) is 0 Å². The van der Waals surface area contributed by atoms with Crippen molar-refractivity contribution in [3.8, 4) is 0 Å². The number of likely N-dealkylation sites (N-methyl/N-ethyl adjacent to an activating group) is 1. The third-order valence-electron chi connectivity index (χ3n) is 8.51. The number of carbonyl (C=O) groups excluding carboxylic acids is 1. The lowest BCUT2D eigenvalue weighted by atomic mass is 9.81. The van der Waals surface area contributed by atoms with Gasteiger partial charge in [0.1, 0.15) is 35.9 Å². The van der Waals surface area contributed by atoms with Gasteiger partial charge in [-0.3, -0.25) is 9.69 Å². The fraction of sp³-hybridized carbons (Fsp3) is 0.958. The molecule has 4 rings (SSSR count). The number of fused-ring (bicyclic) bond motifs is 1. The summed E-state index contributed by atoms with van der Waals surface area (Å²) in [4.78, 5) is 15.6. The molecule has 0 aromatic carbocycles. The monoisotopic (exact) mass is 520 g/mol. The Morgan fingerprint density at radius 3 is 2.44 bits per heavy atom. The number of nitrogens with zero attached hydrogens (tertiary/aromatic N) is 1. The number of thioether (sulfide) groups is 1. The molecular weight excluding hydrogens is 480 g/mol. The maximum absolute atomic E-state index is 13.6. The van der Waals surface area contributed by atoms with E-state index in [1.165, 1.54) is 37.4 Å². The molecule has 10 heteroatoms. The molecule has 11 atom stereocenters. The van der Waals surface area contributed by atoms with E-state index in [2.05, 4.69) is 10.2 Å². The Labute approximate surface area is 212 Å². The zero-order chi connectivity index (χ0) is 24.6. The Balaban J connectivity index is 1.45. The van der Waals surface area contributed by atoms with E-state index < -0.39 is 47.3 Å². The number of hydrogen-bond donors (Lipinski definition) is 4. The Morgan fingerprint density at radius 1 is 1.09 bits per heavy atom. The first-order chi connectivity index (χ1) is 16.2. The summed E-state index contributed by atoms with van der Waals surface area (Å²) >= 11 is 7.70. The van der Waals surface area contributed by atoms with Crippen molar-refractivity contribution in [2.75, 3.05) is 26.5 Å². The summed E-state index contributed by atoms with van der Waals surface area (Å²) in [5.41, 5.74) is -0.727. The Hall–Kier alpha value is -0.130. The van der Waals surface area contributed by atoms with E-state index in [1.54, 1.807) is 13.2 Å². The molecule has 1 saturated carbocycles. The minimum absolute atomic E-state index is 0.175. The molecule has 3 heterocycles. The van der Waals surface area contributed by atoms with Gasteiger partial charge in [0.05, 0.1) is 17.5 Å². The van der Waals surface area contributed by atoms with Crippen LogP contribution in [0.15, 0.2) is 0 Å². The number of likely N-dealkylation sites (tertiary alicyclic amines) is 1. The smallest absolute Gasteiger partial charge is 0.240 e. The van der Waals surface area contributed by atoms with Gasteiger partial charge in [-0.25, -0.2) is 0 Å². The highest BCUT2D eigenvalue weighted by Crippen LogP contribution is 2.42. The van der Waals surface area contributed by atoms with Crippen LogP contribution >= 0.6 is 23.4 Å². The number of nitrogens with one attached hydrogen (secondary N) is 1. The molecular formula is C24H41ClN2O6S. The van der Waals surface area contributed by atoms with E-state index in [0.29, 0.717) is 18.4 Å². The number of carbonyl (C=O) groups is 1. The second-order valence-corrected chi connectivity index (χ2v) is 12.3. The molecule has 1 aliphatic carbocycles. The first kappa shape index (κ1) is 26.9. The minimum Gasteiger partial charge on any atom is -0.388 e. The second-order valence-electron chi connectivity index (χ2n) is 10.7. The van der Waals surface area contributed by atoms with Gasteiger partial charge >= 0.3 is 0 Å². The Bertz CT molecular complexity index is 696. The van der Waals surface area contributed by atoms with Gasteiger partial charge in [-0.15, -0.1) is 23.4 Å². The highest BCUT2D eigenvalue weighted by atomic mass is 35.5. The molecule has 2 unspecified atom stereocenters. The molecule has 4 fully saturated rings. The molecule has 0 aromatic rings. The van der Waals surface area contributed by atoms with Crippen LogP contribution in [0.25, 0.3) is 0 Å². The largest absolute Gasteiger partial charge is 0.388 e. The SMILES string of the molecule is CSC1O[C@H]([C@H](NC(=O)[C@@H]2[C@@H]3OCC[C@H](C4CCCC4)C[C@H]3CN2C)[C@H](C)Cl)[C@@H](O)C(O)[C@H]1O. The van der Waals surface area contributed by atoms with Gasteiger partial charge in [-0.1, -0.05) is 25.7 Å². The molecule has 4 N–H and O–H groups in total. The molecule has 4 aliphatic rings. The molecule has 3 saturated heterocycles. The molecule has 0 bridgehead atoms. The van der Waals surface area contributed by atoms with Crippen LogP contribution in [0, 0.1) is 17.8 Å². The topological polar surface area (TPSA) is 111 Å². The Morgan fingerprint density at radius 2 is 1.79 bits per heavy atom. The maximum Gasteiger partial charge on any atom is 0.240 e. The van der Waals surface area contributed by atoms with Crippen molar-refractivity contribution in [1.82, 2.24) is 10.2 Å². The predicted octanol–water partition coefficient (Wildman–Crippen LogP) is 1.18. The molecule has 0 aromatic heterocycles. The fourth-order valence-corrected chi connectivity index (χ4v) is 7.56. The molecule has 0 radical (unpaired) electrons. The standard InChI is InChI=1S/C24H41ClN2O6S/c1-12(25)16(22-19(29)18(28)20(30)24(33-22)34-3)26-23(31)17-21-15(11-27(17)2)10-14(8-9-32-21)13-6-4-5-7-13/h12-22,24,28-30H,4-11H2,1-3H3,(H,26,31)/t12-,14-,15-,16+,17-,18?,19-,20+,21+,22+,24?/m0/s1. The second kappa shape index (κ2) is 11.5. The van der Waals surface area contributed by atoms with Gasteiger partial charge in [0.15, 0.2) is 0 Å². The number of aliphatic hydroxyl groups is 3. The normalized spacial score (nSPS) is 43.8. The number of rotatable bonds is 6. The number of amides is 1. The van der Waals surface area contributed by atoms with Crippen LogP contribution in [0.5, 0.6) is 0 Å². The molecule has 8 nitrogen and oxygen atoms in total. The summed E-state index contributed by atoms with van der Waals surface area (Å²) in [6, 6.07) is -1.19. The Kier molecular flexibility index (Phi) is 9.11. The van der Waals surface area contributed by atoms with Crippen molar-refractivity contribution in [1.29, 1.82) is 0 Å². The van der Waals surface area contributed by atoms with E-state index in [4.69, 9.17) is 21.1 Å². The van der Waals surface area contributed by atoms with Crippen molar-refractivity contribution in [2.45, 2.75) is 98.9 Å². The van der Waals surface area contributed by atoms with Crippen LogP contribution in [-0.2, 0) is 14.3 Å². The van der Waals surface area contributed by atoms with Gasteiger partial charge < -0.3 is 30.1 Å². The van der Waals surface area contributed by atoms with Gasteiger partial charge in [0, 0.05) is 19.1 Å². The van der Waals surface area contributed by atoms with Crippen molar-refractivity contribution in [3.63, 3.8) is 0 Å². The van der Waals surface area contributed by atoms with Crippen LogP contribution in [-0.4, -0.2) is 106 Å². The minimum atomic E-state index is -1.39. The van der Waals surface area contributed by atoms with Gasteiger partial charge in [-0.05, 0) is 44.9 Å². The molecule has 0 spiro atoms. The van der Waals surface area contributed by atoms with E-state index >= 15 is 0 Å². The number of ether oxygens (including phenoxy) is 2. The molecule has 196 valence electrons. The van der Waals surface area contributed by atoms with Crippen molar-refractivity contribution >= 4 is 29.3 Å². The van der Waals surface area contributed by atoms with Crippen LogP contribution in [0.3, 0.4) is 0 Å². The van der Waals surface area contributed by atoms with Crippen molar-refractivity contribution in [2.24, 2.45) is 17.8 Å². The maximum atomic E-state index is 13.6. The fourth-order valence-electron chi connectivity index (χ4n) is 6.67. The summed E-state index contributed by atoms with van der Waals surface area (Å²) in [6.07, 6.45) is 4.11. The summed E-state index contributed by atoms with van der Waals surface area (Å²) in [7, 11) is 1.96. The zero-order valence-electron chi connectivity index (χ0n) is 20.4. The van der Waals surface area contributed by atoms with E-state index in [9.17, 15) is 20.1 Å². The third kappa shape index (κ3) is 5.42. The van der Waals surface area contributed by atoms with Crippen LogP contribution in [0.4, 0.5) is 0 Å². The highest BCUT2D eigenvalue weighted by molar-refractivity contribution is 7.99. The van der Waals surface area contributed by atoms with E-state index in [-0.39, 0.29) is 12.0 Å². The van der Waals surface area contributed by atoms with Crippen molar-refractivity contribution < 1.29 is 29.6 Å². The third-order valence-corrected chi connectivity index (χ3v) is 9.64. The lowest BCUT2D eigenvalue weighted by Gasteiger charge is -2.44. The number of halogens is 1. The average molecular weight is 521 g/mol. The molecule has 1 amide bonds. The molecule has 3 aliphatic heterocycles. The van der Waals surface area contributed by atoms with Crippen LogP contribution < -0.4 is 5.32 Å². The molecule has 34 heavy (non-hydrogen) atoms. The van der Waals surface area contributed by atoms with Gasteiger partial charge in [0.25, 0.3) is 0 Å². The lowest BCUT2D eigenvalue weighted by Crippen LogP contribution is -2.65. The first-order valence-corrected chi connectivity index (χ1v) is 14.4. The number of alkyl halides is 1. The predicted molar refractivity (Wildman–Crippen MR) is 132 cm³/mol. The quantitative estimate of drug-likeness (QED) is 0.386. The van der Waals surface area contributed by atoms with E-state index in [0.717, 1.165) is 25.3 Å². The van der Waals surface area contributed by atoms with Gasteiger partial charge in [0.2, 0.25) is 5.91 Å². The van der Waals surface area contributed by atoms with E-state index in [1.807, 2.05) is 7.05 Å². The van der Waals surface area contributed by atoms with Crippen molar-refractivity contribution in [3.05, 3.63) is 0 Å². The summed E-state index contributed by atoms with van der Waals surface area (Å²) in [5, 5.41) is 33.6. The highest BCUT2D eigenvalue weighted by Gasteiger charge is 2.51. The average Bonchev–Trinajstić information content (AvgIpc) is 3.39. The number of hydrogen-bond acceptors (Lipinski definition) is 8. The van der Waals surface area contributed by atoms with Crippen LogP contribution in [0.2, 0.25) is 0 Å². The summed E-state index contributed by atoms with van der Waals surface area (Å²) in [6.45, 7) is 3.22. The lowest BCUT2D eigenvalue weighted by molar-refractivity contribution is -0.205. The first-order valence-electron chi connectivity index (χ1n) is 12.7. The summed E-state index contributed by atoms with van der Waals surface area (Å²) in [5.74, 6) is 1.57. The zero-order valence-corrected chi connectivity index (χ0v) is 22.0. The van der Waals surface area contributed by atoms with Crippen LogP contribution in [0.1, 0.15) is 45.4 Å². The summed E-state index contributed by atoms with van der Waals surface area (Å²) < 4.78 is 12.2.